The van der Waals surface area contributed by atoms with E-state index in [1.807, 2.05) is 24.3 Å². The zero-order valence-corrected chi connectivity index (χ0v) is 13.5. The van der Waals surface area contributed by atoms with Crippen LogP contribution in [0.15, 0.2) is 48.5 Å². The molecule has 2 aromatic rings. The van der Waals surface area contributed by atoms with Crippen LogP contribution in [0, 0.1) is 10.1 Å². The van der Waals surface area contributed by atoms with Crippen molar-refractivity contribution in [2.45, 2.75) is 18.2 Å². The Morgan fingerprint density at radius 2 is 1.88 bits per heavy atom. The van der Waals surface area contributed by atoms with Gasteiger partial charge in [-0.25, -0.2) is 13.1 Å². The van der Waals surface area contributed by atoms with Crippen molar-refractivity contribution in [1.29, 1.82) is 0 Å². The maximum absolute atomic E-state index is 12.4. The third-order valence-electron chi connectivity index (χ3n) is 3.78. The van der Waals surface area contributed by atoms with Gasteiger partial charge in [0.25, 0.3) is 5.69 Å². The molecular weight excluding hydrogens is 332 g/mol. The number of hydrogen-bond acceptors (Lipinski definition) is 5. The third kappa shape index (κ3) is 3.72. The number of rotatable bonds is 5. The number of nitrogens with one attached hydrogen (secondary N) is 1. The lowest BCUT2D eigenvalue weighted by Gasteiger charge is -2.26. The summed E-state index contributed by atoms with van der Waals surface area (Å²) in [6, 6.07) is 12.5. The highest BCUT2D eigenvalue weighted by atomic mass is 32.2. The van der Waals surface area contributed by atoms with Gasteiger partial charge in [-0.1, -0.05) is 30.3 Å². The molecule has 0 radical (unpaired) electrons. The van der Waals surface area contributed by atoms with Crippen LogP contribution < -0.4 is 9.46 Å². The molecule has 1 heterocycles. The Balaban J connectivity index is 1.74. The predicted octanol–water partition coefficient (Wildman–Crippen LogP) is 2.54. The zero-order chi connectivity index (χ0) is 17.2. The molecule has 126 valence electrons. The molecule has 0 amide bonds. The summed E-state index contributed by atoms with van der Waals surface area (Å²) in [6.07, 6.45) is 0.552. The van der Waals surface area contributed by atoms with E-state index >= 15 is 0 Å². The topological polar surface area (TPSA) is 98.5 Å². The molecule has 3 rings (SSSR count). The van der Waals surface area contributed by atoms with E-state index in [-0.39, 0.29) is 17.5 Å². The van der Waals surface area contributed by atoms with Crippen molar-refractivity contribution in [3.8, 4) is 5.75 Å². The summed E-state index contributed by atoms with van der Waals surface area (Å²) < 4.78 is 33.0. The van der Waals surface area contributed by atoms with Gasteiger partial charge in [0.1, 0.15) is 5.75 Å². The molecule has 24 heavy (non-hydrogen) atoms. The molecule has 1 aliphatic heterocycles. The summed E-state index contributed by atoms with van der Waals surface area (Å²) in [5.41, 5.74) is 1.24. The molecule has 1 N–H and O–H groups in total. The van der Waals surface area contributed by atoms with Gasteiger partial charge in [0.05, 0.1) is 23.3 Å². The van der Waals surface area contributed by atoms with Crippen LogP contribution in [0.25, 0.3) is 0 Å². The fourth-order valence-electron chi connectivity index (χ4n) is 2.66. The summed E-state index contributed by atoms with van der Waals surface area (Å²) in [6.45, 7) is 0.446. The largest absolute Gasteiger partial charge is 0.493 e. The molecule has 0 saturated heterocycles. The summed E-state index contributed by atoms with van der Waals surface area (Å²) in [4.78, 5) is 10.1. The van der Waals surface area contributed by atoms with Gasteiger partial charge in [-0.3, -0.25) is 10.1 Å². The first-order valence-corrected chi connectivity index (χ1v) is 9.05. The highest BCUT2D eigenvalue weighted by molar-refractivity contribution is 7.88. The number of ether oxygens (including phenoxy) is 1. The second-order valence-corrected chi connectivity index (χ2v) is 7.28. The van der Waals surface area contributed by atoms with E-state index in [1.54, 1.807) is 0 Å². The second-order valence-electron chi connectivity index (χ2n) is 5.53. The highest BCUT2D eigenvalue weighted by Gasteiger charge is 2.25. The average Bonchev–Trinajstić information content (AvgIpc) is 2.55. The Bertz CT molecular complexity index is 849. The van der Waals surface area contributed by atoms with Crippen LogP contribution in [0.2, 0.25) is 0 Å². The van der Waals surface area contributed by atoms with E-state index < -0.39 is 14.9 Å². The molecule has 7 nitrogen and oxygen atoms in total. The summed E-state index contributed by atoms with van der Waals surface area (Å²) in [5.74, 6) is 0.455. The van der Waals surface area contributed by atoms with E-state index in [0.717, 1.165) is 5.56 Å². The van der Waals surface area contributed by atoms with Gasteiger partial charge in [-0.2, -0.15) is 0 Å². The summed E-state index contributed by atoms with van der Waals surface area (Å²) in [5, 5.41) is 10.6. The number of fused-ring (bicyclic) bond motifs is 1. The lowest BCUT2D eigenvalue weighted by molar-refractivity contribution is -0.384. The minimum atomic E-state index is -3.59. The fraction of sp³-hybridized carbons (Fsp3) is 0.250. The van der Waals surface area contributed by atoms with Gasteiger partial charge in [0.2, 0.25) is 10.0 Å². The van der Waals surface area contributed by atoms with Gasteiger partial charge < -0.3 is 4.74 Å². The minimum absolute atomic E-state index is 0.0672. The Labute approximate surface area is 139 Å². The molecule has 8 heteroatoms. The van der Waals surface area contributed by atoms with Crippen LogP contribution in [-0.2, 0) is 15.8 Å². The third-order valence-corrected chi connectivity index (χ3v) is 5.14. The number of nitro groups is 1. The highest BCUT2D eigenvalue weighted by Crippen LogP contribution is 2.32. The zero-order valence-electron chi connectivity index (χ0n) is 12.7. The van der Waals surface area contributed by atoms with Crippen molar-refractivity contribution >= 4 is 15.7 Å². The Morgan fingerprint density at radius 3 is 2.58 bits per heavy atom. The molecule has 0 aromatic heterocycles. The number of para-hydroxylation sites is 1. The van der Waals surface area contributed by atoms with E-state index in [9.17, 15) is 18.5 Å². The Hall–Kier alpha value is -2.45. The minimum Gasteiger partial charge on any atom is -0.493 e. The monoisotopic (exact) mass is 348 g/mol. The number of hydrogen-bond donors (Lipinski definition) is 1. The predicted molar refractivity (Wildman–Crippen MR) is 88.2 cm³/mol. The molecule has 2 aromatic carbocycles. The number of benzene rings is 2. The van der Waals surface area contributed by atoms with Crippen LogP contribution >= 0.6 is 0 Å². The molecule has 1 aliphatic rings. The molecule has 0 saturated carbocycles. The number of nitrogens with zero attached hydrogens (tertiary/aromatic N) is 1. The maximum atomic E-state index is 12.4. The van der Waals surface area contributed by atoms with Gasteiger partial charge in [0, 0.05) is 24.1 Å². The quantitative estimate of drug-likeness (QED) is 0.661. The summed E-state index contributed by atoms with van der Waals surface area (Å²) >= 11 is 0. The summed E-state index contributed by atoms with van der Waals surface area (Å²) in [7, 11) is -3.59. The van der Waals surface area contributed by atoms with Crippen LogP contribution in [0.1, 0.15) is 23.6 Å². The average molecular weight is 348 g/mol. The normalized spacial score (nSPS) is 16.9. The smallest absolute Gasteiger partial charge is 0.269 e. The standard InChI is InChI=1S/C16H16N2O5S/c19-18(20)13-7-5-12(6-8-13)11-24(21,22)17-15-9-10-23-16-4-2-1-3-14(15)16/h1-8,15,17H,9-11H2. The van der Waals surface area contributed by atoms with Crippen LogP contribution in [0.4, 0.5) is 5.69 Å². The van der Waals surface area contributed by atoms with Crippen LogP contribution in [0.3, 0.4) is 0 Å². The SMILES string of the molecule is O=[N+]([O-])c1ccc(CS(=O)(=O)NC2CCOc3ccccc32)cc1. The van der Waals surface area contributed by atoms with Crippen LogP contribution in [-0.4, -0.2) is 19.9 Å². The van der Waals surface area contributed by atoms with Crippen molar-refractivity contribution in [1.82, 2.24) is 4.72 Å². The molecule has 0 bridgehead atoms. The fourth-order valence-corrected chi connectivity index (χ4v) is 4.05. The van der Waals surface area contributed by atoms with Crippen molar-refractivity contribution in [3.05, 3.63) is 69.8 Å². The van der Waals surface area contributed by atoms with E-state index in [1.165, 1.54) is 24.3 Å². The van der Waals surface area contributed by atoms with Gasteiger partial charge >= 0.3 is 0 Å². The maximum Gasteiger partial charge on any atom is 0.269 e. The first-order valence-electron chi connectivity index (χ1n) is 7.40. The number of non-ortho nitro benzene ring substituents is 1. The van der Waals surface area contributed by atoms with Gasteiger partial charge in [-0.05, 0) is 11.6 Å². The molecule has 0 fully saturated rings. The van der Waals surface area contributed by atoms with Gasteiger partial charge in [0.15, 0.2) is 0 Å². The van der Waals surface area contributed by atoms with E-state index in [2.05, 4.69) is 4.72 Å². The molecule has 1 unspecified atom stereocenters. The van der Waals surface area contributed by atoms with Gasteiger partial charge in [-0.15, -0.1) is 0 Å². The Kier molecular flexibility index (Phi) is 4.50. The first-order chi connectivity index (χ1) is 11.4. The molecule has 1 atom stereocenters. The lowest BCUT2D eigenvalue weighted by atomic mass is 10.0. The van der Waals surface area contributed by atoms with Crippen molar-refractivity contribution in [2.75, 3.05) is 6.61 Å². The van der Waals surface area contributed by atoms with Crippen molar-refractivity contribution in [3.63, 3.8) is 0 Å². The molecule has 0 spiro atoms. The molecular formula is C16H16N2O5S. The van der Waals surface area contributed by atoms with Crippen LogP contribution in [0.5, 0.6) is 5.75 Å². The number of sulfonamides is 1. The van der Waals surface area contributed by atoms with Crippen molar-refractivity contribution < 1.29 is 18.1 Å². The first kappa shape index (κ1) is 16.4. The number of nitro benzene ring substituents is 1. The Morgan fingerprint density at radius 1 is 1.17 bits per heavy atom. The lowest BCUT2D eigenvalue weighted by Crippen LogP contribution is -2.33. The van der Waals surface area contributed by atoms with E-state index in [4.69, 9.17) is 4.74 Å². The van der Waals surface area contributed by atoms with Crippen molar-refractivity contribution in [2.24, 2.45) is 0 Å². The molecule has 0 aliphatic carbocycles. The van der Waals surface area contributed by atoms with E-state index in [0.29, 0.717) is 24.3 Å². The second kappa shape index (κ2) is 6.58.